The number of para-hydroxylation sites is 8. The number of amides is 1. The quantitative estimate of drug-likeness (QED) is 0.0407. The first-order valence-electron chi connectivity index (χ1n) is 37.9. The van der Waals surface area contributed by atoms with E-state index in [1.165, 1.54) is 27.9 Å². The van der Waals surface area contributed by atoms with Gasteiger partial charge in [-0.2, -0.15) is 20.4 Å². The molecule has 4 aromatic heterocycles. The van der Waals surface area contributed by atoms with Crippen molar-refractivity contribution in [3.63, 3.8) is 0 Å². The standard InChI is InChI=1S/C26H28ClN3O4.C22H21ClN2O.C21H21ClN2O2.C21H19ClN2O2.B.Na.H/c1-32-24-5-3-2-4-23(24)30-25(19-6-8-20(27)9-7-19)21-16-18(17-22(21)28-30)10-13-34-26(31)29-11-14-33-15-12-29;1-3-6-15-13-18-19(14-15)24-25(20-7-4-5-8-21(20)26-2)22(18)16-9-11-17(23)12-10-16;2*1-26-20-5-3-2-4-19(20)24-21(15-6-8-16(22)9-7-15)17-12-14(10-11-25)13-18(17)23-24;;;/h2-9,18H,10-17H2,1H3;3-5,7-12,15H,1,6,13-14H2,2H3;2-9,14,25H,10-13H2,1H3;2-9,11,14H,10,12-13H2,1H3;;;/q;;;;;+1;-1. The van der Waals surface area contributed by atoms with Crippen molar-refractivity contribution in [1.82, 2.24) is 44.0 Å². The monoisotopic (exact) mass is 1610 g/mol. The number of halogens is 4. The number of allylic oxidation sites excluding steroid dienone is 1. The molecule has 8 aromatic carbocycles. The van der Waals surface area contributed by atoms with E-state index in [1.54, 1.807) is 33.3 Å². The average Bonchev–Trinajstić information content (AvgIpc) is 1.62. The third-order valence-electron chi connectivity index (χ3n) is 21.4. The van der Waals surface area contributed by atoms with Gasteiger partial charge in [-0.05, 0) is 191 Å². The van der Waals surface area contributed by atoms with Crippen molar-refractivity contribution >= 4 is 67.2 Å². The molecule has 12 aromatic rings. The predicted octanol–water partition coefficient (Wildman–Crippen LogP) is 15.8. The second-order valence-corrected chi connectivity index (χ2v) is 30.2. The summed E-state index contributed by atoms with van der Waals surface area (Å²) in [6.07, 6.45) is 13.3. The molecule has 3 radical (unpaired) electrons. The zero-order chi connectivity index (χ0) is 77.8. The van der Waals surface area contributed by atoms with Gasteiger partial charge in [-0.15, -0.1) is 6.58 Å². The number of ether oxygens (including phenoxy) is 6. The van der Waals surface area contributed by atoms with E-state index in [0.717, 1.165) is 190 Å². The van der Waals surface area contributed by atoms with Crippen molar-refractivity contribution in [3.8, 4) is 90.8 Å². The van der Waals surface area contributed by atoms with Gasteiger partial charge < -0.3 is 44.6 Å². The van der Waals surface area contributed by atoms with E-state index in [-0.39, 0.29) is 52.1 Å². The molecule has 0 bridgehead atoms. The van der Waals surface area contributed by atoms with Crippen LogP contribution < -0.4 is 48.5 Å². The van der Waals surface area contributed by atoms with Crippen molar-refractivity contribution in [2.75, 3.05) is 68.0 Å². The number of hydrogen-bond acceptors (Lipinski definition) is 13. The number of aliphatic hydroxyl groups is 1. The maximum atomic E-state index is 12.3. The zero-order valence-corrected chi connectivity index (χ0v) is 69.7. The zero-order valence-electron chi connectivity index (χ0n) is 65.7. The Balaban J connectivity index is 0.000000151. The van der Waals surface area contributed by atoms with Crippen LogP contribution >= 0.6 is 46.4 Å². The summed E-state index contributed by atoms with van der Waals surface area (Å²) in [4.78, 5) is 24.9. The van der Waals surface area contributed by atoms with Gasteiger partial charge >= 0.3 is 35.7 Å². The van der Waals surface area contributed by atoms with Crippen LogP contribution in [0.4, 0.5) is 4.79 Å². The molecule has 0 spiro atoms. The van der Waals surface area contributed by atoms with Crippen molar-refractivity contribution < 1.29 is 74.1 Å². The SMILES string of the molecule is C=CCC1Cc2nn(-c3ccccc3OC)c(-c3ccc(Cl)cc3)c2C1.COc1ccccc1-n1nc2c(c1-c1ccc(Cl)cc1)CC(CC=O)C2.COc1ccccc1-n1nc2c(c1-c1ccc(Cl)cc1)CC(CCO)C2.COc1ccccc1-n1nc2c(c1-c1ccc(Cl)cc1)CC(CCOC(=O)N1CCOCC1)C2.[B].[H-].[Na+]. The molecule has 17 rings (SSSR count). The molecule has 1 fully saturated rings. The van der Waals surface area contributed by atoms with Gasteiger partial charge in [0.25, 0.3) is 0 Å². The van der Waals surface area contributed by atoms with E-state index in [4.69, 9.17) is 95.2 Å². The Labute approximate surface area is 711 Å². The van der Waals surface area contributed by atoms with Gasteiger partial charge in [0, 0.05) is 99.1 Å². The van der Waals surface area contributed by atoms with E-state index < -0.39 is 0 Å². The maximum Gasteiger partial charge on any atom is 1.00 e. The maximum absolute atomic E-state index is 12.3. The minimum Gasteiger partial charge on any atom is -1.00 e. The van der Waals surface area contributed by atoms with Crippen LogP contribution in [0.3, 0.4) is 0 Å². The molecule has 1 aliphatic heterocycles. The van der Waals surface area contributed by atoms with Gasteiger partial charge in [-0.1, -0.05) is 150 Å². The number of aromatic nitrogens is 8. The molecule has 5 heterocycles. The molecular weight excluding hydrogens is 1530 g/mol. The smallest absolute Gasteiger partial charge is 1.00 e. The number of benzene rings is 8. The Hall–Kier alpha value is -9.38. The van der Waals surface area contributed by atoms with Crippen molar-refractivity contribution in [2.45, 2.75) is 77.0 Å². The van der Waals surface area contributed by atoms with E-state index in [0.29, 0.717) is 78.1 Å². The Kier molecular flexibility index (Phi) is 29.0. The molecule has 4 unspecified atom stereocenters. The van der Waals surface area contributed by atoms with Crippen LogP contribution in [0, 0.1) is 23.7 Å². The number of carbonyl (C=O) groups excluding carboxylic acids is 2. The van der Waals surface area contributed by atoms with Gasteiger partial charge in [0.1, 0.15) is 52.0 Å². The number of hydrogen-bond donors (Lipinski definition) is 1. The molecule has 4 atom stereocenters. The first-order valence-corrected chi connectivity index (χ1v) is 39.4. The normalized spacial score (nSPS) is 16.0. The minimum atomic E-state index is -0.248. The molecule has 114 heavy (non-hydrogen) atoms. The van der Waals surface area contributed by atoms with Crippen LogP contribution in [-0.2, 0) is 65.6 Å². The summed E-state index contributed by atoms with van der Waals surface area (Å²) >= 11 is 24.4. The van der Waals surface area contributed by atoms with Crippen molar-refractivity contribution in [1.29, 1.82) is 0 Å². The molecule has 581 valence electrons. The fraction of sp³-hybridized carbons (Fsp3) is 0.289. The van der Waals surface area contributed by atoms with E-state index in [1.807, 2.05) is 207 Å². The van der Waals surface area contributed by atoms with Crippen LogP contribution in [0.5, 0.6) is 23.0 Å². The second kappa shape index (κ2) is 39.3. The molecular formula is C90H90BCl4N9NaO9. The fourth-order valence-electron chi connectivity index (χ4n) is 16.0. The van der Waals surface area contributed by atoms with E-state index in [9.17, 15) is 14.7 Å². The van der Waals surface area contributed by atoms with Gasteiger partial charge in [0.2, 0.25) is 0 Å². The number of fused-ring (bicyclic) bond motifs is 4. The Bertz CT molecular complexity index is 5130. The molecule has 24 heteroatoms. The molecule has 18 nitrogen and oxygen atoms in total. The topological polar surface area (TPSA) is 184 Å². The molecule has 0 saturated carbocycles. The van der Waals surface area contributed by atoms with Crippen LogP contribution in [0.25, 0.3) is 67.8 Å². The molecule has 1 N–H and O–H groups in total. The van der Waals surface area contributed by atoms with Crippen LogP contribution in [0.15, 0.2) is 207 Å². The largest absolute Gasteiger partial charge is 1.00 e. The number of nitrogens with zero attached hydrogens (tertiary/aromatic N) is 9. The Morgan fingerprint density at radius 2 is 0.737 bits per heavy atom. The fourth-order valence-corrected chi connectivity index (χ4v) is 16.5. The number of aliphatic hydroxyl groups excluding tert-OH is 1. The third-order valence-corrected chi connectivity index (χ3v) is 22.4. The number of methoxy groups -OCH3 is 4. The van der Waals surface area contributed by atoms with Gasteiger partial charge in [0.15, 0.2) is 0 Å². The Morgan fingerprint density at radius 1 is 0.447 bits per heavy atom. The van der Waals surface area contributed by atoms with Crippen molar-refractivity contribution in [2.24, 2.45) is 23.7 Å². The second-order valence-electron chi connectivity index (χ2n) is 28.5. The first kappa shape index (κ1) is 84.0. The van der Waals surface area contributed by atoms with Gasteiger partial charge in [0.05, 0.1) is 93.8 Å². The minimum absolute atomic E-state index is 0. The van der Waals surface area contributed by atoms with Crippen molar-refractivity contribution in [3.05, 3.63) is 272 Å². The van der Waals surface area contributed by atoms with Crippen LogP contribution in [0.1, 0.15) is 72.1 Å². The number of aldehydes is 1. The molecule has 1 saturated heterocycles. The van der Waals surface area contributed by atoms with E-state index in [2.05, 4.69) is 18.7 Å². The summed E-state index contributed by atoms with van der Waals surface area (Å²) in [5, 5.41) is 31.9. The van der Waals surface area contributed by atoms with Gasteiger partial charge in [-0.25, -0.2) is 23.5 Å². The van der Waals surface area contributed by atoms with E-state index >= 15 is 0 Å². The molecule has 5 aliphatic rings. The molecule has 1 amide bonds. The van der Waals surface area contributed by atoms with Gasteiger partial charge in [-0.3, -0.25) is 0 Å². The summed E-state index contributed by atoms with van der Waals surface area (Å²) in [5.41, 5.74) is 21.8. The summed E-state index contributed by atoms with van der Waals surface area (Å²) in [6.45, 7) is 6.85. The third kappa shape index (κ3) is 18.8. The predicted molar refractivity (Wildman–Crippen MR) is 448 cm³/mol. The summed E-state index contributed by atoms with van der Waals surface area (Å²) < 4.78 is 41.1. The number of carbonyl (C=O) groups is 2. The summed E-state index contributed by atoms with van der Waals surface area (Å²) in [6, 6.07) is 63.2. The summed E-state index contributed by atoms with van der Waals surface area (Å²) in [5.74, 6) is 4.90. The van der Waals surface area contributed by atoms with Crippen LogP contribution in [0.2, 0.25) is 20.1 Å². The number of rotatable bonds is 21. The molecule has 4 aliphatic carbocycles. The van der Waals surface area contributed by atoms with Crippen LogP contribution in [-0.4, -0.2) is 138 Å². The first-order chi connectivity index (χ1) is 54.8. The number of morpholine rings is 1. The summed E-state index contributed by atoms with van der Waals surface area (Å²) in [7, 11) is 6.71. The average molecular weight is 1620 g/mol. The Morgan fingerprint density at radius 3 is 1.04 bits per heavy atom.